The Balaban J connectivity index is 2.57. The van der Waals surface area contributed by atoms with Gasteiger partial charge in [0.2, 0.25) is 0 Å². The minimum absolute atomic E-state index is 0.158. The highest BCUT2D eigenvalue weighted by Crippen LogP contribution is 2.11. The van der Waals surface area contributed by atoms with Crippen molar-refractivity contribution in [1.29, 1.82) is 0 Å². The van der Waals surface area contributed by atoms with Gasteiger partial charge in [-0.25, -0.2) is 9.59 Å². The van der Waals surface area contributed by atoms with Crippen molar-refractivity contribution < 1.29 is 23.8 Å². The van der Waals surface area contributed by atoms with Crippen LogP contribution in [0, 0.1) is 0 Å². The summed E-state index contributed by atoms with van der Waals surface area (Å²) in [7, 11) is 0. The van der Waals surface area contributed by atoms with Gasteiger partial charge in [-0.2, -0.15) is 0 Å². The Morgan fingerprint density at radius 3 is 2.29 bits per heavy atom. The molecule has 5 nitrogen and oxygen atoms in total. The zero-order chi connectivity index (χ0) is 12.7. The summed E-state index contributed by atoms with van der Waals surface area (Å²) in [4.78, 5) is 22.4. The Morgan fingerprint density at radius 1 is 1.00 bits per heavy atom. The molecule has 96 valence electrons. The van der Waals surface area contributed by atoms with E-state index in [-0.39, 0.29) is 6.61 Å². The maximum absolute atomic E-state index is 11.2. The lowest BCUT2D eigenvalue weighted by Crippen LogP contribution is -2.32. The van der Waals surface area contributed by atoms with E-state index in [2.05, 4.69) is 0 Å². The molecule has 0 spiro atoms. The Labute approximate surface area is 101 Å². The van der Waals surface area contributed by atoms with E-state index in [1.165, 1.54) is 0 Å². The summed E-state index contributed by atoms with van der Waals surface area (Å²) in [6, 6.07) is 0. The molecule has 0 amide bonds. The van der Waals surface area contributed by atoms with Gasteiger partial charge in [0.05, 0.1) is 12.2 Å². The number of hydrogen-bond acceptors (Lipinski definition) is 5. The summed E-state index contributed by atoms with van der Waals surface area (Å²) in [6.07, 6.45) is 3.68. The molecule has 1 rings (SSSR count). The molecule has 1 aliphatic rings. The van der Waals surface area contributed by atoms with Crippen molar-refractivity contribution in [3.05, 3.63) is 12.2 Å². The topological polar surface area (TPSA) is 61.8 Å². The van der Waals surface area contributed by atoms with E-state index in [4.69, 9.17) is 14.2 Å². The number of cyclic esters (lactones) is 2. The second-order valence-electron chi connectivity index (χ2n) is 4.42. The first kappa shape index (κ1) is 13.7. The molecule has 0 bridgehead atoms. The van der Waals surface area contributed by atoms with Crippen molar-refractivity contribution in [1.82, 2.24) is 0 Å². The molecule has 0 N–H and O–H groups in total. The normalized spacial score (nSPS) is 24.6. The Morgan fingerprint density at radius 2 is 1.59 bits per heavy atom. The van der Waals surface area contributed by atoms with Crippen LogP contribution in [0.25, 0.3) is 0 Å². The Hall–Kier alpha value is -1.36. The van der Waals surface area contributed by atoms with E-state index in [0.717, 1.165) is 25.0 Å². The van der Waals surface area contributed by atoms with Gasteiger partial charge in [0.25, 0.3) is 0 Å². The Kier molecular flexibility index (Phi) is 5.15. The van der Waals surface area contributed by atoms with Crippen LogP contribution in [-0.2, 0) is 23.8 Å². The van der Waals surface area contributed by atoms with E-state index < -0.39 is 17.5 Å². The lowest BCUT2D eigenvalue weighted by atomic mass is 10.1. The third-order valence-corrected chi connectivity index (χ3v) is 2.19. The van der Waals surface area contributed by atoms with Crippen LogP contribution in [0.1, 0.15) is 26.7 Å². The van der Waals surface area contributed by atoms with Gasteiger partial charge in [-0.05, 0) is 26.7 Å². The molecule has 5 heteroatoms. The van der Waals surface area contributed by atoms with Crippen LogP contribution in [0.4, 0.5) is 0 Å². The number of ether oxygens (including phenoxy) is 3. The molecule has 0 aliphatic carbocycles. The maximum atomic E-state index is 11.2. The fourth-order valence-corrected chi connectivity index (χ4v) is 1.24. The highest BCUT2D eigenvalue weighted by molar-refractivity contribution is 5.91. The fraction of sp³-hybridized carbons (Fsp3) is 0.667. The summed E-state index contributed by atoms with van der Waals surface area (Å²) in [6.45, 7) is 4.75. The van der Waals surface area contributed by atoms with Crippen LogP contribution in [0.3, 0.4) is 0 Å². The first-order valence-corrected chi connectivity index (χ1v) is 5.65. The van der Waals surface area contributed by atoms with E-state index in [1.54, 1.807) is 0 Å². The van der Waals surface area contributed by atoms with Crippen LogP contribution in [-0.4, -0.2) is 37.4 Å². The minimum atomic E-state index is -0.571. The van der Waals surface area contributed by atoms with Gasteiger partial charge in [0, 0.05) is 18.8 Å². The van der Waals surface area contributed by atoms with E-state index in [1.807, 2.05) is 13.8 Å². The summed E-state index contributed by atoms with van der Waals surface area (Å²) in [5.41, 5.74) is -0.511. The average Bonchev–Trinajstić information content (AvgIpc) is 2.28. The molecule has 1 heterocycles. The third-order valence-electron chi connectivity index (χ3n) is 2.19. The number of esters is 2. The smallest absolute Gasteiger partial charge is 0.331 e. The maximum Gasteiger partial charge on any atom is 0.331 e. The predicted octanol–water partition coefficient (Wildman–Crippen LogP) is 1.22. The number of carbonyl (C=O) groups is 2. The zero-order valence-corrected chi connectivity index (χ0v) is 10.2. The molecular formula is C12H18O5. The highest BCUT2D eigenvalue weighted by atomic mass is 16.6. The minimum Gasteiger partial charge on any atom is -0.463 e. The van der Waals surface area contributed by atoms with Gasteiger partial charge in [0.15, 0.2) is 0 Å². The largest absolute Gasteiger partial charge is 0.463 e. The van der Waals surface area contributed by atoms with Gasteiger partial charge in [0.1, 0.15) is 6.61 Å². The van der Waals surface area contributed by atoms with E-state index >= 15 is 0 Å². The molecule has 0 fully saturated rings. The van der Waals surface area contributed by atoms with E-state index in [9.17, 15) is 9.59 Å². The van der Waals surface area contributed by atoms with Gasteiger partial charge in [-0.15, -0.1) is 0 Å². The molecule has 1 aliphatic heterocycles. The molecule has 0 aromatic heterocycles. The second kappa shape index (κ2) is 6.39. The summed E-state index contributed by atoms with van der Waals surface area (Å²) in [5.74, 6) is -1.10. The molecule has 0 aromatic rings. The standard InChI is InChI=1S/C12H18O5/c1-12(2)9-16-11(14)6-5-10(13)15-7-3-4-8-17-12/h5-6H,3-4,7-9H2,1-2H3/b6-5-. The number of rotatable bonds is 0. The fourth-order valence-electron chi connectivity index (χ4n) is 1.24. The number of carbonyl (C=O) groups excluding carboxylic acids is 2. The van der Waals surface area contributed by atoms with Crippen molar-refractivity contribution in [2.24, 2.45) is 0 Å². The molecular weight excluding hydrogens is 224 g/mol. The van der Waals surface area contributed by atoms with Crippen LogP contribution in [0.5, 0.6) is 0 Å². The molecule has 0 radical (unpaired) electrons. The quantitative estimate of drug-likeness (QED) is 0.598. The zero-order valence-electron chi connectivity index (χ0n) is 10.2. The van der Waals surface area contributed by atoms with Crippen molar-refractivity contribution in [3.8, 4) is 0 Å². The first-order chi connectivity index (χ1) is 7.99. The second-order valence-corrected chi connectivity index (χ2v) is 4.42. The molecule has 0 saturated heterocycles. The van der Waals surface area contributed by atoms with Gasteiger partial charge >= 0.3 is 11.9 Å². The van der Waals surface area contributed by atoms with Gasteiger partial charge < -0.3 is 14.2 Å². The predicted molar refractivity (Wildman–Crippen MR) is 60.3 cm³/mol. The summed E-state index contributed by atoms with van der Waals surface area (Å²) >= 11 is 0. The summed E-state index contributed by atoms with van der Waals surface area (Å²) < 4.78 is 15.4. The molecule has 17 heavy (non-hydrogen) atoms. The van der Waals surface area contributed by atoms with Crippen LogP contribution in [0.15, 0.2) is 12.2 Å². The molecule has 0 saturated carbocycles. The molecule has 0 atom stereocenters. The van der Waals surface area contributed by atoms with Gasteiger partial charge in [-0.1, -0.05) is 0 Å². The van der Waals surface area contributed by atoms with Crippen molar-refractivity contribution in [2.45, 2.75) is 32.3 Å². The van der Waals surface area contributed by atoms with Gasteiger partial charge in [-0.3, -0.25) is 0 Å². The number of hydrogen-bond donors (Lipinski definition) is 0. The van der Waals surface area contributed by atoms with Crippen LogP contribution < -0.4 is 0 Å². The highest BCUT2D eigenvalue weighted by Gasteiger charge is 2.20. The molecule has 0 aromatic carbocycles. The van der Waals surface area contributed by atoms with Crippen molar-refractivity contribution in [2.75, 3.05) is 19.8 Å². The third kappa shape index (κ3) is 6.06. The Bertz CT molecular complexity index is 306. The van der Waals surface area contributed by atoms with Crippen molar-refractivity contribution >= 4 is 11.9 Å². The SMILES string of the molecule is CC1(C)COC(=O)/C=C\C(=O)OCCCCO1. The van der Waals surface area contributed by atoms with Crippen LogP contribution >= 0.6 is 0 Å². The average molecular weight is 242 g/mol. The first-order valence-electron chi connectivity index (χ1n) is 5.65. The lowest BCUT2D eigenvalue weighted by Gasteiger charge is -2.24. The summed E-state index contributed by atoms with van der Waals surface area (Å²) in [5, 5.41) is 0. The van der Waals surface area contributed by atoms with Crippen LogP contribution in [0.2, 0.25) is 0 Å². The monoisotopic (exact) mass is 242 g/mol. The lowest BCUT2D eigenvalue weighted by molar-refractivity contribution is -0.147. The molecule has 0 unspecified atom stereocenters. The van der Waals surface area contributed by atoms with Crippen molar-refractivity contribution in [3.63, 3.8) is 0 Å². The van der Waals surface area contributed by atoms with E-state index in [0.29, 0.717) is 13.2 Å².